The normalized spacial score (nSPS) is 30.8. The lowest BCUT2D eigenvalue weighted by Gasteiger charge is -2.21. The maximum Gasteiger partial charge on any atom is 0.369 e. The number of aliphatic hydroxyl groups excluding tert-OH is 1. The minimum Gasteiger partial charge on any atom is -0.462 e. The van der Waals surface area contributed by atoms with Crippen LogP contribution in [0.1, 0.15) is 12.8 Å². The van der Waals surface area contributed by atoms with Gasteiger partial charge in [0.2, 0.25) is 0 Å². The molecule has 1 rings (SSSR count). The van der Waals surface area contributed by atoms with Gasteiger partial charge in [-0.05, 0) is 12.8 Å². The van der Waals surface area contributed by atoms with Gasteiger partial charge in [0.15, 0.2) is 0 Å². The Kier molecular flexibility index (Phi) is 2.12. The van der Waals surface area contributed by atoms with E-state index in [-0.39, 0.29) is 13.0 Å². The molecule has 64 valence electrons. The molecule has 11 heavy (non-hydrogen) atoms. The van der Waals surface area contributed by atoms with Crippen LogP contribution in [0.25, 0.3) is 0 Å². The molecule has 0 aliphatic carbocycles. The Balaban J connectivity index is 2.76. The second kappa shape index (κ2) is 2.77. The van der Waals surface area contributed by atoms with Gasteiger partial charge in [0.25, 0.3) is 5.79 Å². The summed E-state index contributed by atoms with van der Waals surface area (Å²) in [5.41, 5.74) is 0. The molecule has 0 aromatic heterocycles. The number of aliphatic hydroxyl groups is 3. The summed E-state index contributed by atoms with van der Waals surface area (Å²) in [6.07, 6.45) is -0.855. The smallest absolute Gasteiger partial charge is 0.369 e. The van der Waals surface area contributed by atoms with Gasteiger partial charge in [-0.3, -0.25) is 0 Å². The molecule has 1 heterocycles. The summed E-state index contributed by atoms with van der Waals surface area (Å²) < 4.78 is 4.39. The highest BCUT2D eigenvalue weighted by Crippen LogP contribution is 2.17. The molecule has 0 radical (unpaired) electrons. The van der Waals surface area contributed by atoms with E-state index in [1.807, 2.05) is 0 Å². The van der Waals surface area contributed by atoms with Crippen molar-refractivity contribution < 1.29 is 24.9 Å². The van der Waals surface area contributed by atoms with Crippen molar-refractivity contribution >= 4 is 5.97 Å². The molecule has 0 aromatic carbocycles. The van der Waals surface area contributed by atoms with Crippen LogP contribution in [-0.4, -0.2) is 39.8 Å². The van der Waals surface area contributed by atoms with Crippen molar-refractivity contribution in [3.63, 3.8) is 0 Å². The molecule has 1 atom stereocenters. The van der Waals surface area contributed by atoms with Gasteiger partial charge in [0, 0.05) is 0 Å². The van der Waals surface area contributed by atoms with Crippen molar-refractivity contribution in [1.82, 2.24) is 0 Å². The highest BCUT2D eigenvalue weighted by molar-refractivity contribution is 5.78. The number of cyclic esters (lactones) is 1. The Labute approximate surface area is 63.2 Å². The van der Waals surface area contributed by atoms with Crippen LogP contribution in [-0.2, 0) is 9.53 Å². The molecule has 0 saturated carbocycles. The van der Waals surface area contributed by atoms with Crippen LogP contribution in [0.15, 0.2) is 0 Å². The molecule has 1 fully saturated rings. The van der Waals surface area contributed by atoms with Crippen molar-refractivity contribution in [3.05, 3.63) is 0 Å². The lowest BCUT2D eigenvalue weighted by Crippen LogP contribution is -2.49. The molecule has 1 aliphatic rings. The van der Waals surface area contributed by atoms with Gasteiger partial charge in [-0.2, -0.15) is 0 Å². The number of ether oxygens (including phenoxy) is 1. The first-order valence-electron chi connectivity index (χ1n) is 3.35. The zero-order chi connectivity index (χ0) is 8.48. The highest BCUT2D eigenvalue weighted by Gasteiger charge is 2.44. The van der Waals surface area contributed by atoms with Crippen molar-refractivity contribution in [1.29, 1.82) is 0 Å². The monoisotopic (exact) mass is 162 g/mol. The first-order valence-corrected chi connectivity index (χ1v) is 3.35. The Morgan fingerprint density at radius 3 is 2.82 bits per heavy atom. The number of hydrogen-bond acceptors (Lipinski definition) is 5. The van der Waals surface area contributed by atoms with E-state index >= 15 is 0 Å². The summed E-state index contributed by atoms with van der Waals surface area (Å²) in [5.74, 6) is -3.90. The molecule has 1 unspecified atom stereocenters. The Bertz CT molecular complexity index is 164. The summed E-state index contributed by atoms with van der Waals surface area (Å²) in [6, 6.07) is 0. The largest absolute Gasteiger partial charge is 0.462 e. The summed E-state index contributed by atoms with van der Waals surface area (Å²) in [6.45, 7) is 0.124. The number of carbonyl (C=O) groups excluding carboxylic acids is 1. The predicted octanol–water partition coefficient (Wildman–Crippen LogP) is -1.63. The third kappa shape index (κ3) is 1.50. The molecular weight excluding hydrogens is 152 g/mol. The van der Waals surface area contributed by atoms with E-state index in [9.17, 15) is 4.79 Å². The molecule has 0 bridgehead atoms. The fraction of sp³-hybridized carbons (Fsp3) is 0.833. The molecular formula is C6H10O5. The van der Waals surface area contributed by atoms with Crippen LogP contribution >= 0.6 is 0 Å². The minimum atomic E-state index is -2.73. The average Bonchev–Trinajstić information content (AvgIpc) is 2.03. The lowest BCUT2D eigenvalue weighted by atomic mass is 10.1. The average molecular weight is 162 g/mol. The molecule has 3 N–H and O–H groups in total. The summed E-state index contributed by atoms with van der Waals surface area (Å²) >= 11 is 0. The molecule has 1 aliphatic heterocycles. The highest BCUT2D eigenvalue weighted by atomic mass is 16.6. The van der Waals surface area contributed by atoms with Crippen LogP contribution in [0.3, 0.4) is 0 Å². The molecule has 0 amide bonds. The van der Waals surface area contributed by atoms with E-state index in [0.29, 0.717) is 6.42 Å². The van der Waals surface area contributed by atoms with E-state index < -0.39 is 17.9 Å². The molecule has 0 spiro atoms. The van der Waals surface area contributed by atoms with Gasteiger partial charge in [-0.25, -0.2) is 4.79 Å². The van der Waals surface area contributed by atoms with E-state index in [2.05, 4.69) is 4.74 Å². The van der Waals surface area contributed by atoms with Crippen molar-refractivity contribution in [2.24, 2.45) is 0 Å². The zero-order valence-electron chi connectivity index (χ0n) is 5.86. The fourth-order valence-corrected chi connectivity index (χ4v) is 0.885. The van der Waals surface area contributed by atoms with E-state index in [0.717, 1.165) is 0 Å². The Hall–Kier alpha value is -0.650. The maximum atomic E-state index is 10.7. The summed E-state index contributed by atoms with van der Waals surface area (Å²) in [4.78, 5) is 10.7. The first-order chi connectivity index (χ1) is 5.05. The van der Waals surface area contributed by atoms with Gasteiger partial charge in [0.05, 0.1) is 6.61 Å². The minimum absolute atomic E-state index is 0.124. The van der Waals surface area contributed by atoms with Crippen molar-refractivity contribution in [2.75, 3.05) is 6.61 Å². The van der Waals surface area contributed by atoms with Crippen LogP contribution in [0.4, 0.5) is 0 Å². The van der Waals surface area contributed by atoms with Gasteiger partial charge < -0.3 is 20.1 Å². The number of esters is 1. The van der Waals surface area contributed by atoms with Crippen LogP contribution in [0.5, 0.6) is 0 Å². The maximum absolute atomic E-state index is 10.7. The number of carbonyl (C=O) groups is 1. The summed E-state index contributed by atoms with van der Waals surface area (Å²) in [5, 5.41) is 26.8. The topological polar surface area (TPSA) is 87.0 Å². The van der Waals surface area contributed by atoms with Gasteiger partial charge in [-0.1, -0.05) is 0 Å². The fourth-order valence-electron chi connectivity index (χ4n) is 0.885. The Morgan fingerprint density at radius 2 is 2.18 bits per heavy atom. The SMILES string of the molecule is O=C1OCCCC(O)C1(O)O. The van der Waals surface area contributed by atoms with Crippen molar-refractivity contribution in [2.45, 2.75) is 24.7 Å². The second-order valence-corrected chi connectivity index (χ2v) is 2.52. The van der Waals surface area contributed by atoms with Gasteiger partial charge in [-0.15, -0.1) is 0 Å². The van der Waals surface area contributed by atoms with Crippen molar-refractivity contribution in [3.8, 4) is 0 Å². The third-order valence-electron chi connectivity index (χ3n) is 1.62. The molecule has 5 nitrogen and oxygen atoms in total. The molecule has 0 aromatic rings. The number of hydrogen-bond donors (Lipinski definition) is 3. The first kappa shape index (κ1) is 8.45. The van der Waals surface area contributed by atoms with Crippen LogP contribution in [0, 0.1) is 0 Å². The van der Waals surface area contributed by atoms with Crippen LogP contribution in [0.2, 0.25) is 0 Å². The van der Waals surface area contributed by atoms with E-state index in [4.69, 9.17) is 15.3 Å². The third-order valence-corrected chi connectivity index (χ3v) is 1.62. The predicted molar refractivity (Wildman–Crippen MR) is 33.4 cm³/mol. The van der Waals surface area contributed by atoms with Gasteiger partial charge >= 0.3 is 5.97 Å². The standard InChI is InChI=1S/C6H10O5/c7-4-2-1-3-11-5(8)6(4,9)10/h4,7,9-10H,1-3H2. The lowest BCUT2D eigenvalue weighted by molar-refractivity contribution is -0.235. The Morgan fingerprint density at radius 1 is 1.55 bits per heavy atom. The van der Waals surface area contributed by atoms with E-state index in [1.54, 1.807) is 0 Å². The quantitative estimate of drug-likeness (QED) is 0.294. The van der Waals surface area contributed by atoms with Crippen LogP contribution < -0.4 is 0 Å². The van der Waals surface area contributed by atoms with Gasteiger partial charge in [0.1, 0.15) is 6.10 Å². The zero-order valence-corrected chi connectivity index (χ0v) is 5.86. The van der Waals surface area contributed by atoms with E-state index in [1.165, 1.54) is 0 Å². The summed E-state index contributed by atoms with van der Waals surface area (Å²) in [7, 11) is 0. The molecule has 5 heteroatoms. The number of rotatable bonds is 0. The molecule has 1 saturated heterocycles. The second-order valence-electron chi connectivity index (χ2n) is 2.52.